The number of hydrogen-bond donors (Lipinski definition) is 3. The van der Waals surface area contributed by atoms with Gasteiger partial charge in [0.15, 0.2) is 0 Å². The molecule has 0 heterocycles. The van der Waals surface area contributed by atoms with Crippen LogP contribution in [0.3, 0.4) is 0 Å². The molecule has 1 saturated carbocycles. The van der Waals surface area contributed by atoms with Crippen molar-refractivity contribution in [3.63, 3.8) is 0 Å². The van der Waals surface area contributed by atoms with Crippen LogP contribution < -0.4 is 5.43 Å². The molecule has 0 aliphatic heterocycles. The number of hydrazone groups is 1. The molecule has 0 bridgehead atoms. The Bertz CT molecular complexity index is 511. The minimum absolute atomic E-state index is 0.0215. The predicted molar refractivity (Wildman–Crippen MR) is 72.3 cm³/mol. The largest absolute Gasteiger partial charge is 0.508 e. The van der Waals surface area contributed by atoms with Gasteiger partial charge in [0.25, 0.3) is 5.91 Å². The first kappa shape index (κ1) is 13.4. The number of carbonyl (C=O) groups excluding carboxylic acids is 1. The Morgan fingerprint density at radius 3 is 2.95 bits per heavy atom. The third kappa shape index (κ3) is 3.47. The quantitative estimate of drug-likeness (QED) is 0.565. The van der Waals surface area contributed by atoms with Crippen LogP contribution in [0.15, 0.2) is 23.3 Å². The first-order valence-electron chi connectivity index (χ1n) is 6.44. The highest BCUT2D eigenvalue weighted by Crippen LogP contribution is 2.23. The molecule has 5 nitrogen and oxygen atoms in total. The summed E-state index contributed by atoms with van der Waals surface area (Å²) in [6, 6.07) is 3.81. The van der Waals surface area contributed by atoms with Gasteiger partial charge in [-0.05, 0) is 49.8 Å². The Kier molecular flexibility index (Phi) is 4.04. The molecule has 0 spiro atoms. The van der Waals surface area contributed by atoms with Crippen molar-refractivity contribution in [2.24, 2.45) is 11.0 Å². The highest BCUT2D eigenvalue weighted by molar-refractivity contribution is 5.98. The minimum Gasteiger partial charge on any atom is -0.508 e. The summed E-state index contributed by atoms with van der Waals surface area (Å²) in [6.07, 6.45) is 4.08. The Labute approximate surface area is 112 Å². The molecule has 0 radical (unpaired) electrons. The van der Waals surface area contributed by atoms with E-state index in [2.05, 4.69) is 17.5 Å². The predicted octanol–water partition coefficient (Wildman–Crippen LogP) is 2.39. The highest BCUT2D eigenvalue weighted by atomic mass is 16.3. The Balaban J connectivity index is 2.05. The molecule has 1 aromatic carbocycles. The number of amides is 1. The van der Waals surface area contributed by atoms with Crippen molar-refractivity contribution in [2.75, 3.05) is 0 Å². The van der Waals surface area contributed by atoms with Crippen LogP contribution in [0.5, 0.6) is 11.5 Å². The van der Waals surface area contributed by atoms with Crippen LogP contribution in [-0.2, 0) is 0 Å². The molecule has 5 heteroatoms. The van der Waals surface area contributed by atoms with Gasteiger partial charge >= 0.3 is 0 Å². The topological polar surface area (TPSA) is 81.9 Å². The van der Waals surface area contributed by atoms with E-state index in [0.29, 0.717) is 5.92 Å². The van der Waals surface area contributed by atoms with Crippen molar-refractivity contribution in [3.8, 4) is 11.5 Å². The molecule has 1 aliphatic carbocycles. The number of hydrogen-bond acceptors (Lipinski definition) is 4. The van der Waals surface area contributed by atoms with Crippen LogP contribution in [0.2, 0.25) is 0 Å². The molecule has 102 valence electrons. The molecule has 1 fully saturated rings. The normalized spacial score (nSPS) is 21.3. The zero-order valence-electron chi connectivity index (χ0n) is 10.9. The summed E-state index contributed by atoms with van der Waals surface area (Å²) in [5.41, 5.74) is 3.44. The van der Waals surface area contributed by atoms with Crippen molar-refractivity contribution in [3.05, 3.63) is 23.8 Å². The van der Waals surface area contributed by atoms with Crippen LogP contribution in [0.25, 0.3) is 0 Å². The Morgan fingerprint density at radius 2 is 2.21 bits per heavy atom. The first-order valence-corrected chi connectivity index (χ1v) is 6.44. The van der Waals surface area contributed by atoms with Crippen LogP contribution in [0, 0.1) is 5.92 Å². The van der Waals surface area contributed by atoms with Gasteiger partial charge in [0.1, 0.15) is 11.5 Å². The number of aromatic hydroxyl groups is 2. The summed E-state index contributed by atoms with van der Waals surface area (Å²) in [4.78, 5) is 11.9. The maximum Gasteiger partial charge on any atom is 0.275 e. The van der Waals surface area contributed by atoms with E-state index >= 15 is 0 Å². The van der Waals surface area contributed by atoms with Crippen molar-refractivity contribution in [1.82, 2.24) is 5.43 Å². The molecule has 3 N–H and O–H groups in total. The zero-order chi connectivity index (χ0) is 13.8. The molecule has 1 unspecified atom stereocenters. The standard InChI is InChI=1S/C14H18N2O3/c1-9-3-2-4-10(7-9)15-16-14(19)12-8-11(17)5-6-13(12)18/h5-6,8-9,17-18H,2-4,7H2,1H3,(H,16,19)/b15-10+. The number of benzene rings is 1. The van der Waals surface area contributed by atoms with Crippen LogP contribution in [-0.4, -0.2) is 21.8 Å². The molecule has 0 saturated heterocycles. The number of phenolic OH excluding ortho intramolecular Hbond substituents is 2. The van der Waals surface area contributed by atoms with E-state index in [0.717, 1.165) is 25.0 Å². The average molecular weight is 262 g/mol. The van der Waals surface area contributed by atoms with Gasteiger partial charge < -0.3 is 10.2 Å². The van der Waals surface area contributed by atoms with Gasteiger partial charge in [-0.2, -0.15) is 5.10 Å². The van der Waals surface area contributed by atoms with Crippen molar-refractivity contribution >= 4 is 11.6 Å². The summed E-state index contributed by atoms with van der Waals surface area (Å²) < 4.78 is 0. The van der Waals surface area contributed by atoms with E-state index in [1.807, 2.05) is 0 Å². The van der Waals surface area contributed by atoms with Crippen LogP contribution in [0.1, 0.15) is 43.0 Å². The second-order valence-corrected chi connectivity index (χ2v) is 5.02. The summed E-state index contributed by atoms with van der Waals surface area (Å²) in [6.45, 7) is 2.16. The van der Waals surface area contributed by atoms with Gasteiger partial charge in [0, 0.05) is 5.71 Å². The van der Waals surface area contributed by atoms with Crippen LogP contribution >= 0.6 is 0 Å². The van der Waals surface area contributed by atoms with E-state index in [-0.39, 0.29) is 17.1 Å². The highest BCUT2D eigenvalue weighted by Gasteiger charge is 2.15. The molecular weight excluding hydrogens is 244 g/mol. The fourth-order valence-electron chi connectivity index (χ4n) is 2.26. The Morgan fingerprint density at radius 1 is 1.42 bits per heavy atom. The molecule has 1 atom stereocenters. The van der Waals surface area contributed by atoms with E-state index in [1.165, 1.54) is 24.6 Å². The minimum atomic E-state index is -0.515. The number of nitrogens with one attached hydrogen (secondary N) is 1. The van der Waals surface area contributed by atoms with E-state index in [9.17, 15) is 15.0 Å². The lowest BCUT2D eigenvalue weighted by Crippen LogP contribution is -2.22. The van der Waals surface area contributed by atoms with Crippen molar-refractivity contribution in [2.45, 2.75) is 32.6 Å². The first-order chi connectivity index (χ1) is 9.06. The summed E-state index contributed by atoms with van der Waals surface area (Å²) in [5, 5.41) is 23.0. The van der Waals surface area contributed by atoms with Gasteiger partial charge in [-0.15, -0.1) is 0 Å². The van der Waals surface area contributed by atoms with E-state index in [1.54, 1.807) is 0 Å². The molecule has 1 aliphatic rings. The molecule has 1 aromatic rings. The maximum atomic E-state index is 11.9. The molecule has 0 aromatic heterocycles. The average Bonchev–Trinajstić information content (AvgIpc) is 2.39. The SMILES string of the molecule is CC1CCC/C(=N\NC(=O)c2cc(O)ccc2O)C1. The fourth-order valence-corrected chi connectivity index (χ4v) is 2.26. The lowest BCUT2D eigenvalue weighted by molar-refractivity contribution is 0.0951. The van der Waals surface area contributed by atoms with Gasteiger partial charge in [-0.1, -0.05) is 6.92 Å². The van der Waals surface area contributed by atoms with E-state index < -0.39 is 5.91 Å². The second-order valence-electron chi connectivity index (χ2n) is 5.02. The Hall–Kier alpha value is -2.04. The summed E-state index contributed by atoms with van der Waals surface area (Å²) in [7, 11) is 0. The van der Waals surface area contributed by atoms with Crippen molar-refractivity contribution in [1.29, 1.82) is 0 Å². The zero-order valence-corrected chi connectivity index (χ0v) is 10.9. The molecular formula is C14H18N2O3. The molecule has 2 rings (SSSR count). The monoisotopic (exact) mass is 262 g/mol. The van der Waals surface area contributed by atoms with Gasteiger partial charge in [-0.25, -0.2) is 5.43 Å². The number of carbonyl (C=O) groups is 1. The smallest absolute Gasteiger partial charge is 0.275 e. The van der Waals surface area contributed by atoms with Crippen molar-refractivity contribution < 1.29 is 15.0 Å². The summed E-state index contributed by atoms with van der Waals surface area (Å²) >= 11 is 0. The lowest BCUT2D eigenvalue weighted by atomic mass is 9.89. The maximum absolute atomic E-state index is 11.9. The second kappa shape index (κ2) is 5.73. The van der Waals surface area contributed by atoms with E-state index in [4.69, 9.17) is 0 Å². The summed E-state index contributed by atoms with van der Waals surface area (Å²) in [5.74, 6) is -0.160. The van der Waals surface area contributed by atoms with Gasteiger partial charge in [0.05, 0.1) is 5.56 Å². The van der Waals surface area contributed by atoms with Gasteiger partial charge in [-0.3, -0.25) is 4.79 Å². The third-order valence-electron chi connectivity index (χ3n) is 3.29. The van der Waals surface area contributed by atoms with Gasteiger partial charge in [0.2, 0.25) is 0 Å². The lowest BCUT2D eigenvalue weighted by Gasteiger charge is -2.18. The fraction of sp³-hybridized carbons (Fsp3) is 0.429. The number of phenols is 2. The van der Waals surface area contributed by atoms with Crippen LogP contribution in [0.4, 0.5) is 0 Å². The molecule has 19 heavy (non-hydrogen) atoms. The number of rotatable bonds is 2. The molecule has 1 amide bonds. The number of nitrogens with zero attached hydrogens (tertiary/aromatic N) is 1. The third-order valence-corrected chi connectivity index (χ3v) is 3.29.